The van der Waals surface area contributed by atoms with Crippen LogP contribution in [0.4, 0.5) is 0 Å². The van der Waals surface area contributed by atoms with Crippen molar-refractivity contribution in [3.8, 4) is 0 Å². The van der Waals surface area contributed by atoms with Gasteiger partial charge in [0.2, 0.25) is 0 Å². The van der Waals surface area contributed by atoms with Crippen LogP contribution in [0.1, 0.15) is 56.9 Å². The molecule has 2 aromatic heterocycles. The van der Waals surface area contributed by atoms with Crippen molar-refractivity contribution in [3.05, 3.63) is 58.9 Å². The number of imidazole rings is 1. The first-order valence-corrected chi connectivity index (χ1v) is 10.3. The summed E-state index contributed by atoms with van der Waals surface area (Å²) in [6.07, 6.45) is 3.89. The first-order valence-electron chi connectivity index (χ1n) is 10.3. The summed E-state index contributed by atoms with van der Waals surface area (Å²) in [5, 5.41) is 0. The largest absolute Gasteiger partial charge is 0.313 e. The molecular formula is C23H28N4O3. The highest BCUT2D eigenvalue weighted by atomic mass is 16.1. The Balaban J connectivity index is 1.62. The molecule has 0 amide bonds. The van der Waals surface area contributed by atoms with Gasteiger partial charge in [0.05, 0.1) is 6.33 Å². The topological polar surface area (TPSA) is 86.8 Å². The highest BCUT2D eigenvalue weighted by Gasteiger charge is 2.20. The highest BCUT2D eigenvalue weighted by Crippen LogP contribution is 2.17. The Labute approximate surface area is 175 Å². The summed E-state index contributed by atoms with van der Waals surface area (Å²) in [5.41, 5.74) is 1.29. The third-order valence-corrected chi connectivity index (χ3v) is 5.46. The zero-order chi connectivity index (χ0) is 21.8. The van der Waals surface area contributed by atoms with Gasteiger partial charge >= 0.3 is 0 Å². The Bertz CT molecular complexity index is 1100. The molecule has 0 fully saturated rings. The molecule has 0 aliphatic heterocycles. The maximum Gasteiger partial charge on any atom is 0.281 e. The van der Waals surface area contributed by atoms with E-state index in [9.17, 15) is 14.4 Å². The first kappa shape index (κ1) is 21.6. The Morgan fingerprint density at radius 3 is 2.33 bits per heavy atom. The molecule has 158 valence electrons. The fourth-order valence-corrected chi connectivity index (χ4v) is 3.47. The molecular weight excluding hydrogens is 380 g/mol. The van der Waals surface area contributed by atoms with Crippen molar-refractivity contribution >= 4 is 22.7 Å². The Kier molecular flexibility index (Phi) is 6.59. The predicted molar refractivity (Wildman–Crippen MR) is 116 cm³/mol. The number of nitrogens with zero attached hydrogens (tertiary/aromatic N) is 4. The minimum absolute atomic E-state index is 0.0300. The van der Waals surface area contributed by atoms with Crippen LogP contribution >= 0.6 is 0 Å². The minimum Gasteiger partial charge on any atom is -0.313 e. The summed E-state index contributed by atoms with van der Waals surface area (Å²) in [5.74, 6) is -0.512. The third-order valence-electron chi connectivity index (χ3n) is 5.46. The number of hydrogen-bond acceptors (Lipinski definition) is 5. The second-order valence-corrected chi connectivity index (χ2v) is 8.16. The maximum absolute atomic E-state index is 12.7. The Morgan fingerprint density at radius 1 is 0.967 bits per heavy atom. The van der Waals surface area contributed by atoms with Crippen molar-refractivity contribution in [2.24, 2.45) is 11.8 Å². The molecule has 0 aliphatic rings. The molecule has 30 heavy (non-hydrogen) atoms. The lowest BCUT2D eigenvalue weighted by Gasteiger charge is -2.14. The molecule has 3 aromatic rings. The summed E-state index contributed by atoms with van der Waals surface area (Å²) in [7, 11) is 0. The normalized spacial score (nSPS) is 13.5. The zero-order valence-electron chi connectivity index (χ0n) is 17.9. The van der Waals surface area contributed by atoms with E-state index in [1.807, 2.05) is 43.5 Å². The van der Waals surface area contributed by atoms with Gasteiger partial charge in [0.1, 0.15) is 12.1 Å². The van der Waals surface area contributed by atoms with Crippen LogP contribution in [0.5, 0.6) is 0 Å². The molecule has 2 atom stereocenters. The summed E-state index contributed by atoms with van der Waals surface area (Å²) in [6.45, 7) is 7.89. The molecule has 0 aliphatic carbocycles. The molecule has 7 nitrogen and oxygen atoms in total. The molecule has 0 saturated heterocycles. The molecule has 0 saturated carbocycles. The van der Waals surface area contributed by atoms with Crippen molar-refractivity contribution in [2.75, 3.05) is 0 Å². The van der Waals surface area contributed by atoms with Crippen molar-refractivity contribution < 1.29 is 9.59 Å². The fraction of sp³-hybridized carbons (Fsp3) is 0.435. The van der Waals surface area contributed by atoms with Crippen molar-refractivity contribution in [1.82, 2.24) is 19.1 Å². The van der Waals surface area contributed by atoms with Crippen LogP contribution < -0.4 is 5.56 Å². The molecule has 1 aromatic carbocycles. The number of carbonyl (C=O) groups is 2. The Hall–Kier alpha value is -3.09. The second-order valence-electron chi connectivity index (χ2n) is 8.16. The fourth-order valence-electron chi connectivity index (χ4n) is 3.47. The monoisotopic (exact) mass is 408 g/mol. The van der Waals surface area contributed by atoms with Gasteiger partial charge in [-0.15, -0.1) is 0 Å². The smallest absolute Gasteiger partial charge is 0.281 e. The first-order chi connectivity index (χ1) is 14.3. The number of hydrogen-bond donors (Lipinski definition) is 0. The van der Waals surface area contributed by atoms with Gasteiger partial charge in [0.15, 0.2) is 16.9 Å². The van der Waals surface area contributed by atoms with Gasteiger partial charge in [-0.1, -0.05) is 44.2 Å². The van der Waals surface area contributed by atoms with Gasteiger partial charge < -0.3 is 4.57 Å². The quantitative estimate of drug-likeness (QED) is 0.504. The number of fused-ring (bicyclic) bond motifs is 1. The molecule has 0 N–H and O–H groups in total. The van der Waals surface area contributed by atoms with E-state index in [0.29, 0.717) is 29.6 Å². The van der Waals surface area contributed by atoms with Crippen LogP contribution in [0.2, 0.25) is 0 Å². The van der Waals surface area contributed by atoms with Crippen molar-refractivity contribution in [1.29, 1.82) is 0 Å². The van der Waals surface area contributed by atoms with Crippen LogP contribution in [0.15, 0.2) is 47.8 Å². The standard InChI is InChI=1S/C23H28N4O3/c1-15(2)27-14-24-20-22(27)25-13-26(23(20)30)12-17(4)19(28)11-10-16(3)21(29)18-8-6-5-7-9-18/h5-9,13-17H,10-12H2,1-4H3. The van der Waals surface area contributed by atoms with Gasteiger partial charge in [-0.3, -0.25) is 19.0 Å². The average molecular weight is 409 g/mol. The van der Waals surface area contributed by atoms with Crippen LogP contribution in [-0.4, -0.2) is 30.7 Å². The van der Waals surface area contributed by atoms with Gasteiger partial charge in [0, 0.05) is 36.4 Å². The van der Waals surface area contributed by atoms with Gasteiger partial charge in [-0.05, 0) is 20.3 Å². The van der Waals surface area contributed by atoms with Crippen LogP contribution in [0, 0.1) is 11.8 Å². The summed E-state index contributed by atoms with van der Waals surface area (Å²) in [4.78, 5) is 46.4. The lowest BCUT2D eigenvalue weighted by atomic mass is 9.92. The van der Waals surface area contributed by atoms with E-state index >= 15 is 0 Å². The lowest BCUT2D eigenvalue weighted by Crippen LogP contribution is -2.27. The minimum atomic E-state index is -0.354. The molecule has 0 spiro atoms. The van der Waals surface area contributed by atoms with Crippen LogP contribution in [0.25, 0.3) is 11.2 Å². The molecule has 2 unspecified atom stereocenters. The second kappa shape index (κ2) is 9.15. The van der Waals surface area contributed by atoms with E-state index in [-0.39, 0.29) is 41.5 Å². The molecule has 3 rings (SSSR count). The van der Waals surface area contributed by atoms with Crippen LogP contribution in [-0.2, 0) is 11.3 Å². The van der Waals surface area contributed by atoms with Crippen molar-refractivity contribution in [2.45, 2.75) is 53.1 Å². The third kappa shape index (κ3) is 4.56. The lowest BCUT2D eigenvalue weighted by molar-refractivity contribution is -0.123. The summed E-state index contributed by atoms with van der Waals surface area (Å²) >= 11 is 0. The van der Waals surface area contributed by atoms with E-state index in [0.717, 1.165) is 0 Å². The molecule has 7 heteroatoms. The van der Waals surface area contributed by atoms with Gasteiger partial charge in [-0.2, -0.15) is 0 Å². The van der Waals surface area contributed by atoms with E-state index in [1.165, 1.54) is 10.9 Å². The van der Waals surface area contributed by atoms with E-state index in [4.69, 9.17) is 0 Å². The van der Waals surface area contributed by atoms with E-state index in [2.05, 4.69) is 9.97 Å². The zero-order valence-corrected chi connectivity index (χ0v) is 17.9. The SMILES string of the molecule is CC(Cn1cnc2c(ncn2C(C)C)c1=O)C(=O)CCC(C)C(=O)c1ccccc1. The molecule has 0 radical (unpaired) electrons. The van der Waals surface area contributed by atoms with Gasteiger partial charge in [0.25, 0.3) is 5.56 Å². The average Bonchev–Trinajstić information content (AvgIpc) is 3.19. The van der Waals surface area contributed by atoms with E-state index < -0.39 is 0 Å². The van der Waals surface area contributed by atoms with Crippen LogP contribution in [0.3, 0.4) is 0 Å². The molecule has 0 bridgehead atoms. The number of carbonyl (C=O) groups excluding carboxylic acids is 2. The predicted octanol–water partition coefficient (Wildman–Crippen LogP) is 3.68. The highest BCUT2D eigenvalue weighted by molar-refractivity contribution is 5.97. The van der Waals surface area contributed by atoms with E-state index in [1.54, 1.807) is 25.4 Å². The number of benzene rings is 1. The summed E-state index contributed by atoms with van der Waals surface area (Å²) < 4.78 is 3.29. The summed E-state index contributed by atoms with van der Waals surface area (Å²) in [6, 6.07) is 9.27. The van der Waals surface area contributed by atoms with Gasteiger partial charge in [-0.25, -0.2) is 9.97 Å². The molecule has 2 heterocycles. The van der Waals surface area contributed by atoms with Crippen molar-refractivity contribution in [3.63, 3.8) is 0 Å². The number of aromatic nitrogens is 4. The number of ketones is 2. The maximum atomic E-state index is 12.7. The number of rotatable bonds is 9. The Morgan fingerprint density at radius 2 is 1.67 bits per heavy atom. The number of Topliss-reactive ketones (excluding diaryl/α,β-unsaturated/α-hetero) is 2.